The Bertz CT molecular complexity index is 1180. The predicted octanol–water partition coefficient (Wildman–Crippen LogP) is 3.33. The van der Waals surface area contributed by atoms with Crippen molar-refractivity contribution in [1.29, 1.82) is 0 Å². The third-order valence-corrected chi connectivity index (χ3v) is 6.54. The number of piperazine rings is 1. The molecule has 3 aromatic rings. The van der Waals surface area contributed by atoms with Crippen molar-refractivity contribution in [3.63, 3.8) is 0 Å². The minimum atomic E-state index is -0.500. The lowest BCUT2D eigenvalue weighted by Gasteiger charge is -2.37. The first-order valence-corrected chi connectivity index (χ1v) is 12.1. The molecule has 4 rings (SSSR count). The third-order valence-electron chi connectivity index (χ3n) is 5.61. The largest absolute Gasteiger partial charge is 0.495 e. The number of anilines is 3. The molecule has 9 nitrogen and oxygen atoms in total. The normalized spacial score (nSPS) is 13.3. The maximum atomic E-state index is 12.5. The SMILES string of the molecule is COC(=O)c1ccccc1NC(=O)CSc1cc(N2CCN(c3ccccc3OC)CC2)ncn1. The maximum Gasteiger partial charge on any atom is 0.339 e. The molecule has 0 spiro atoms. The number of hydrogen-bond donors (Lipinski definition) is 1. The summed E-state index contributed by atoms with van der Waals surface area (Å²) in [5.74, 6) is 1.11. The molecular formula is C25H27N5O4S. The van der Waals surface area contributed by atoms with Gasteiger partial charge >= 0.3 is 5.97 Å². The van der Waals surface area contributed by atoms with Crippen LogP contribution in [-0.4, -0.2) is 68.0 Å². The molecule has 1 aliphatic heterocycles. The van der Waals surface area contributed by atoms with E-state index in [1.54, 1.807) is 31.4 Å². The Labute approximate surface area is 208 Å². The van der Waals surface area contributed by atoms with E-state index in [2.05, 4.69) is 31.2 Å². The Hall–Kier alpha value is -3.79. The van der Waals surface area contributed by atoms with E-state index >= 15 is 0 Å². The number of para-hydroxylation sites is 3. The fourth-order valence-electron chi connectivity index (χ4n) is 3.86. The highest BCUT2D eigenvalue weighted by Crippen LogP contribution is 2.29. The highest BCUT2D eigenvalue weighted by molar-refractivity contribution is 7.99. The summed E-state index contributed by atoms with van der Waals surface area (Å²) in [4.78, 5) is 37.7. The van der Waals surface area contributed by atoms with Crippen molar-refractivity contribution in [1.82, 2.24) is 9.97 Å². The molecule has 1 amide bonds. The van der Waals surface area contributed by atoms with Crippen LogP contribution in [0.4, 0.5) is 17.2 Å². The van der Waals surface area contributed by atoms with Crippen molar-refractivity contribution in [2.24, 2.45) is 0 Å². The average molecular weight is 494 g/mol. The Kier molecular flexibility index (Phi) is 8.04. The quantitative estimate of drug-likeness (QED) is 0.288. The molecule has 0 saturated carbocycles. The average Bonchev–Trinajstić information content (AvgIpc) is 2.92. The summed E-state index contributed by atoms with van der Waals surface area (Å²) in [6.45, 7) is 3.30. The van der Waals surface area contributed by atoms with Gasteiger partial charge in [0.25, 0.3) is 0 Å². The number of rotatable bonds is 8. The van der Waals surface area contributed by atoms with E-state index in [1.165, 1.54) is 25.2 Å². The van der Waals surface area contributed by atoms with Crippen LogP contribution < -0.4 is 19.9 Å². The van der Waals surface area contributed by atoms with Gasteiger partial charge in [0.2, 0.25) is 5.91 Å². The number of nitrogens with one attached hydrogen (secondary N) is 1. The molecule has 0 atom stereocenters. The van der Waals surface area contributed by atoms with Crippen LogP contribution in [0.25, 0.3) is 0 Å². The summed E-state index contributed by atoms with van der Waals surface area (Å²) in [7, 11) is 3.00. The number of methoxy groups -OCH3 is 2. The van der Waals surface area contributed by atoms with Crippen molar-refractivity contribution in [2.75, 3.05) is 61.3 Å². The number of carbonyl (C=O) groups is 2. The Balaban J connectivity index is 1.33. The minimum Gasteiger partial charge on any atom is -0.495 e. The maximum absolute atomic E-state index is 12.5. The minimum absolute atomic E-state index is 0.146. The van der Waals surface area contributed by atoms with E-state index in [-0.39, 0.29) is 11.7 Å². The standard InChI is InChI=1S/C25H27N5O4S/c1-33-21-10-6-5-9-20(21)29-11-13-30(14-12-29)22-15-24(27-17-26-22)35-16-23(31)28-19-8-4-3-7-18(19)25(32)34-2/h3-10,15,17H,11-14,16H2,1-2H3,(H,28,31). The number of esters is 1. The number of thioether (sulfide) groups is 1. The van der Waals surface area contributed by atoms with E-state index in [9.17, 15) is 9.59 Å². The van der Waals surface area contributed by atoms with Crippen molar-refractivity contribution in [3.05, 3.63) is 66.5 Å². The van der Waals surface area contributed by atoms with Crippen LogP contribution in [-0.2, 0) is 9.53 Å². The molecule has 182 valence electrons. The molecule has 0 aliphatic carbocycles. The van der Waals surface area contributed by atoms with Crippen LogP contribution in [0, 0.1) is 0 Å². The number of aromatic nitrogens is 2. The van der Waals surface area contributed by atoms with E-state index in [4.69, 9.17) is 9.47 Å². The predicted molar refractivity (Wildman–Crippen MR) is 137 cm³/mol. The van der Waals surface area contributed by atoms with E-state index in [1.807, 2.05) is 24.3 Å². The molecule has 0 unspecified atom stereocenters. The second-order valence-electron chi connectivity index (χ2n) is 7.73. The van der Waals surface area contributed by atoms with Gasteiger partial charge in [-0.1, -0.05) is 36.0 Å². The Morgan fingerprint density at radius 1 is 0.971 bits per heavy atom. The first kappa shape index (κ1) is 24.3. The van der Waals surface area contributed by atoms with E-state index in [0.29, 0.717) is 16.3 Å². The second-order valence-corrected chi connectivity index (χ2v) is 8.73. The summed E-state index contributed by atoms with van der Waals surface area (Å²) >= 11 is 1.32. The van der Waals surface area contributed by atoms with Gasteiger partial charge in [0.1, 0.15) is 22.9 Å². The third kappa shape index (κ3) is 6.02. The monoisotopic (exact) mass is 493 g/mol. The molecular weight excluding hydrogens is 466 g/mol. The molecule has 1 fully saturated rings. The van der Waals surface area contributed by atoms with Crippen molar-refractivity contribution in [2.45, 2.75) is 5.03 Å². The molecule has 0 radical (unpaired) electrons. The molecule has 1 aliphatic rings. The molecule has 2 heterocycles. The van der Waals surface area contributed by atoms with Gasteiger partial charge < -0.3 is 24.6 Å². The number of amides is 1. The molecule has 1 N–H and O–H groups in total. The zero-order valence-electron chi connectivity index (χ0n) is 19.6. The number of ether oxygens (including phenoxy) is 2. The molecule has 10 heteroatoms. The lowest BCUT2D eigenvalue weighted by molar-refractivity contribution is -0.113. The van der Waals surface area contributed by atoms with E-state index < -0.39 is 5.97 Å². The molecule has 1 saturated heterocycles. The van der Waals surface area contributed by atoms with Crippen LogP contribution in [0.15, 0.2) is 66.0 Å². The summed E-state index contributed by atoms with van der Waals surface area (Å²) in [6, 6.07) is 16.7. The number of hydrogen-bond acceptors (Lipinski definition) is 9. The molecule has 2 aromatic carbocycles. The Morgan fingerprint density at radius 3 is 2.46 bits per heavy atom. The molecule has 35 heavy (non-hydrogen) atoms. The second kappa shape index (κ2) is 11.6. The summed E-state index contributed by atoms with van der Waals surface area (Å²) in [5, 5.41) is 3.48. The lowest BCUT2D eigenvalue weighted by Crippen LogP contribution is -2.47. The van der Waals surface area contributed by atoms with Crippen LogP contribution in [0.5, 0.6) is 5.75 Å². The zero-order chi connectivity index (χ0) is 24.6. The summed E-state index contributed by atoms with van der Waals surface area (Å²) < 4.78 is 10.3. The lowest BCUT2D eigenvalue weighted by atomic mass is 10.2. The van der Waals surface area contributed by atoms with Crippen molar-refractivity contribution >= 4 is 40.8 Å². The number of nitrogens with zero attached hydrogens (tertiary/aromatic N) is 4. The van der Waals surface area contributed by atoms with Crippen LogP contribution in [0.2, 0.25) is 0 Å². The number of benzene rings is 2. The molecule has 0 bridgehead atoms. The zero-order valence-corrected chi connectivity index (χ0v) is 20.5. The van der Waals surface area contributed by atoms with Crippen LogP contribution >= 0.6 is 11.8 Å². The smallest absolute Gasteiger partial charge is 0.339 e. The first-order valence-electron chi connectivity index (χ1n) is 11.1. The van der Waals surface area contributed by atoms with Crippen molar-refractivity contribution in [3.8, 4) is 5.75 Å². The van der Waals surface area contributed by atoms with Crippen LogP contribution in [0.1, 0.15) is 10.4 Å². The van der Waals surface area contributed by atoms with E-state index in [0.717, 1.165) is 43.4 Å². The Morgan fingerprint density at radius 2 is 1.69 bits per heavy atom. The topological polar surface area (TPSA) is 96.9 Å². The van der Waals surface area contributed by atoms with Gasteiger partial charge in [-0.2, -0.15) is 0 Å². The van der Waals surface area contributed by atoms with Gasteiger partial charge in [0, 0.05) is 32.2 Å². The highest BCUT2D eigenvalue weighted by Gasteiger charge is 2.21. The summed E-state index contributed by atoms with van der Waals surface area (Å²) in [5.41, 5.74) is 1.82. The summed E-state index contributed by atoms with van der Waals surface area (Å²) in [6.07, 6.45) is 1.52. The van der Waals surface area contributed by atoms with Gasteiger partial charge in [-0.05, 0) is 24.3 Å². The van der Waals surface area contributed by atoms with Gasteiger partial charge in [0.15, 0.2) is 0 Å². The van der Waals surface area contributed by atoms with Crippen LogP contribution in [0.3, 0.4) is 0 Å². The fourth-order valence-corrected chi connectivity index (χ4v) is 4.52. The van der Waals surface area contributed by atoms with Crippen molar-refractivity contribution < 1.29 is 19.1 Å². The fraction of sp³-hybridized carbons (Fsp3) is 0.280. The first-order chi connectivity index (χ1) is 17.1. The van der Waals surface area contributed by atoms with Gasteiger partial charge in [-0.15, -0.1) is 0 Å². The van der Waals surface area contributed by atoms with Gasteiger partial charge in [0.05, 0.1) is 36.9 Å². The number of carbonyl (C=O) groups excluding carboxylic acids is 2. The van der Waals surface area contributed by atoms with Gasteiger partial charge in [-0.25, -0.2) is 14.8 Å². The highest BCUT2D eigenvalue weighted by atomic mass is 32.2. The molecule has 1 aromatic heterocycles. The van der Waals surface area contributed by atoms with Gasteiger partial charge in [-0.3, -0.25) is 4.79 Å².